The van der Waals surface area contributed by atoms with Crippen molar-refractivity contribution >= 4 is 21.6 Å². The van der Waals surface area contributed by atoms with Gasteiger partial charge in [-0.1, -0.05) is 50.2 Å². The standard InChI is InChI=1S/C25H28N2O5S/c1-4-27(5-2)33(29,30)21-15-16-24(32-20-12-7-6-8-13-20)22(18-21)26-25(28)17-19-11-9-10-14-23(19)31-3/h6-16,18H,4-5,17H2,1-3H3,(H,26,28). The normalized spacial score (nSPS) is 11.3. The predicted octanol–water partition coefficient (Wildman–Crippen LogP) is 4.70. The zero-order valence-corrected chi connectivity index (χ0v) is 19.8. The number of carbonyl (C=O) groups excluding carboxylic acids is 1. The van der Waals surface area contributed by atoms with Gasteiger partial charge in [0.15, 0.2) is 5.75 Å². The van der Waals surface area contributed by atoms with Gasteiger partial charge in [-0.3, -0.25) is 4.79 Å². The molecule has 0 heterocycles. The minimum atomic E-state index is -3.71. The Morgan fingerprint density at radius 2 is 1.58 bits per heavy atom. The molecule has 0 radical (unpaired) electrons. The van der Waals surface area contributed by atoms with Crippen LogP contribution in [-0.2, 0) is 21.2 Å². The molecular formula is C25H28N2O5S. The Morgan fingerprint density at radius 1 is 0.909 bits per heavy atom. The van der Waals surface area contributed by atoms with Crippen molar-refractivity contribution in [2.75, 3.05) is 25.5 Å². The molecule has 8 heteroatoms. The SMILES string of the molecule is CCN(CC)S(=O)(=O)c1ccc(Oc2ccccc2)c(NC(=O)Cc2ccccc2OC)c1. The predicted molar refractivity (Wildman–Crippen MR) is 128 cm³/mol. The molecule has 0 atom stereocenters. The number of rotatable bonds is 10. The smallest absolute Gasteiger partial charge is 0.243 e. The fourth-order valence-electron chi connectivity index (χ4n) is 3.40. The summed E-state index contributed by atoms with van der Waals surface area (Å²) in [6, 6.07) is 20.8. The first-order valence-corrected chi connectivity index (χ1v) is 12.1. The molecule has 0 unspecified atom stereocenters. The van der Waals surface area contributed by atoms with Crippen molar-refractivity contribution in [3.8, 4) is 17.2 Å². The molecule has 33 heavy (non-hydrogen) atoms. The monoisotopic (exact) mass is 468 g/mol. The molecule has 0 aromatic heterocycles. The van der Waals surface area contributed by atoms with Crippen LogP contribution in [0.1, 0.15) is 19.4 Å². The summed E-state index contributed by atoms with van der Waals surface area (Å²) in [5.41, 5.74) is 0.988. The Kier molecular flexibility index (Phi) is 8.08. The van der Waals surface area contributed by atoms with E-state index in [0.29, 0.717) is 30.3 Å². The van der Waals surface area contributed by atoms with Gasteiger partial charge in [-0.15, -0.1) is 0 Å². The minimum absolute atomic E-state index is 0.0574. The van der Waals surface area contributed by atoms with Crippen LogP contribution in [0, 0.1) is 0 Å². The summed E-state index contributed by atoms with van der Waals surface area (Å²) in [5.74, 6) is 1.19. The molecule has 1 amide bonds. The van der Waals surface area contributed by atoms with Crippen LogP contribution < -0.4 is 14.8 Å². The van der Waals surface area contributed by atoms with Gasteiger partial charge >= 0.3 is 0 Å². The Bertz CT molecular complexity index is 1190. The van der Waals surface area contributed by atoms with Crippen molar-refractivity contribution in [3.63, 3.8) is 0 Å². The summed E-state index contributed by atoms with van der Waals surface area (Å²) >= 11 is 0. The molecule has 0 aliphatic heterocycles. The summed E-state index contributed by atoms with van der Waals surface area (Å²) in [6.45, 7) is 4.25. The van der Waals surface area contributed by atoms with E-state index in [0.717, 1.165) is 5.56 Å². The average Bonchev–Trinajstić information content (AvgIpc) is 2.81. The second-order valence-electron chi connectivity index (χ2n) is 7.20. The summed E-state index contributed by atoms with van der Waals surface area (Å²) < 4.78 is 38.7. The van der Waals surface area contributed by atoms with Crippen LogP contribution in [0.25, 0.3) is 0 Å². The molecule has 1 N–H and O–H groups in total. The molecule has 0 spiro atoms. The molecule has 0 saturated carbocycles. The zero-order chi connectivity index (χ0) is 23.8. The fourth-order valence-corrected chi connectivity index (χ4v) is 4.89. The first kappa shape index (κ1) is 24.3. The van der Waals surface area contributed by atoms with Gasteiger partial charge in [-0.25, -0.2) is 8.42 Å². The van der Waals surface area contributed by atoms with Crippen molar-refractivity contribution in [1.82, 2.24) is 4.31 Å². The van der Waals surface area contributed by atoms with E-state index >= 15 is 0 Å². The number of anilines is 1. The van der Waals surface area contributed by atoms with Gasteiger partial charge in [0.05, 0.1) is 24.1 Å². The zero-order valence-electron chi connectivity index (χ0n) is 18.9. The first-order chi connectivity index (χ1) is 15.9. The molecular weight excluding hydrogens is 440 g/mol. The van der Waals surface area contributed by atoms with Gasteiger partial charge in [0, 0.05) is 18.7 Å². The van der Waals surface area contributed by atoms with Gasteiger partial charge in [0.25, 0.3) is 0 Å². The number of sulfonamides is 1. The quantitative estimate of drug-likeness (QED) is 0.466. The average molecular weight is 469 g/mol. The largest absolute Gasteiger partial charge is 0.496 e. The number of amides is 1. The number of ether oxygens (including phenoxy) is 2. The number of nitrogens with zero attached hydrogens (tertiary/aromatic N) is 1. The highest BCUT2D eigenvalue weighted by molar-refractivity contribution is 7.89. The lowest BCUT2D eigenvalue weighted by molar-refractivity contribution is -0.115. The van der Waals surface area contributed by atoms with Crippen LogP contribution >= 0.6 is 0 Å². The van der Waals surface area contributed by atoms with E-state index < -0.39 is 10.0 Å². The number of para-hydroxylation sites is 2. The Balaban J connectivity index is 1.95. The maximum Gasteiger partial charge on any atom is 0.243 e. The Labute approximate surface area is 195 Å². The fraction of sp³-hybridized carbons (Fsp3) is 0.240. The van der Waals surface area contributed by atoms with Gasteiger partial charge < -0.3 is 14.8 Å². The highest BCUT2D eigenvalue weighted by atomic mass is 32.2. The highest BCUT2D eigenvalue weighted by Crippen LogP contribution is 2.33. The molecule has 0 aliphatic rings. The van der Waals surface area contributed by atoms with Crippen molar-refractivity contribution in [1.29, 1.82) is 0 Å². The van der Waals surface area contributed by atoms with Crippen LogP contribution in [0.2, 0.25) is 0 Å². The molecule has 0 fully saturated rings. The lowest BCUT2D eigenvalue weighted by atomic mass is 10.1. The van der Waals surface area contributed by atoms with E-state index in [4.69, 9.17) is 9.47 Å². The third-order valence-corrected chi connectivity index (χ3v) is 7.13. The summed E-state index contributed by atoms with van der Waals surface area (Å²) in [5, 5.41) is 2.82. The molecule has 3 aromatic rings. The van der Waals surface area contributed by atoms with Crippen molar-refractivity contribution in [2.45, 2.75) is 25.2 Å². The Morgan fingerprint density at radius 3 is 2.24 bits per heavy atom. The van der Waals surface area contributed by atoms with Crippen molar-refractivity contribution in [2.24, 2.45) is 0 Å². The van der Waals surface area contributed by atoms with Crippen LogP contribution in [0.3, 0.4) is 0 Å². The summed E-state index contributed by atoms with van der Waals surface area (Å²) in [7, 11) is -2.17. The second kappa shape index (κ2) is 11.0. The summed E-state index contributed by atoms with van der Waals surface area (Å²) in [6.07, 6.45) is 0.0574. The van der Waals surface area contributed by atoms with E-state index in [-0.39, 0.29) is 22.9 Å². The number of benzene rings is 3. The van der Waals surface area contributed by atoms with E-state index in [1.807, 2.05) is 30.3 Å². The van der Waals surface area contributed by atoms with Crippen LogP contribution in [0.15, 0.2) is 77.7 Å². The van der Waals surface area contributed by atoms with Crippen LogP contribution in [0.5, 0.6) is 17.2 Å². The topological polar surface area (TPSA) is 84.9 Å². The molecule has 3 aromatic carbocycles. The van der Waals surface area contributed by atoms with E-state index in [1.54, 1.807) is 51.3 Å². The van der Waals surface area contributed by atoms with E-state index in [2.05, 4.69) is 5.32 Å². The Hall–Kier alpha value is -3.36. The van der Waals surface area contributed by atoms with Gasteiger partial charge in [-0.2, -0.15) is 4.31 Å². The van der Waals surface area contributed by atoms with Gasteiger partial charge in [0.2, 0.25) is 15.9 Å². The molecule has 3 rings (SSSR count). The third kappa shape index (κ3) is 5.91. The number of carbonyl (C=O) groups is 1. The number of hydrogen-bond donors (Lipinski definition) is 1. The number of methoxy groups -OCH3 is 1. The highest BCUT2D eigenvalue weighted by Gasteiger charge is 2.23. The molecule has 174 valence electrons. The van der Waals surface area contributed by atoms with E-state index in [1.165, 1.54) is 16.4 Å². The number of nitrogens with one attached hydrogen (secondary N) is 1. The van der Waals surface area contributed by atoms with Gasteiger partial charge in [-0.05, 0) is 36.4 Å². The molecule has 0 saturated heterocycles. The maximum atomic E-state index is 13.0. The van der Waals surface area contributed by atoms with Crippen molar-refractivity contribution < 1.29 is 22.7 Å². The molecule has 7 nitrogen and oxygen atoms in total. The lowest BCUT2D eigenvalue weighted by Crippen LogP contribution is -2.30. The minimum Gasteiger partial charge on any atom is -0.496 e. The van der Waals surface area contributed by atoms with E-state index in [9.17, 15) is 13.2 Å². The van der Waals surface area contributed by atoms with Gasteiger partial charge in [0.1, 0.15) is 11.5 Å². The summed E-state index contributed by atoms with van der Waals surface area (Å²) in [4.78, 5) is 13.0. The second-order valence-corrected chi connectivity index (χ2v) is 9.14. The first-order valence-electron chi connectivity index (χ1n) is 10.7. The van der Waals surface area contributed by atoms with Crippen molar-refractivity contribution in [3.05, 3.63) is 78.4 Å². The molecule has 0 aliphatic carbocycles. The maximum absolute atomic E-state index is 13.0. The van der Waals surface area contributed by atoms with Crippen LogP contribution in [0.4, 0.5) is 5.69 Å². The third-order valence-electron chi connectivity index (χ3n) is 5.08. The number of hydrogen-bond acceptors (Lipinski definition) is 5. The lowest BCUT2D eigenvalue weighted by Gasteiger charge is -2.20. The van der Waals surface area contributed by atoms with Crippen LogP contribution in [-0.4, -0.2) is 38.8 Å². The molecule has 0 bridgehead atoms.